The van der Waals surface area contributed by atoms with Crippen LogP contribution in [0.25, 0.3) is 6.08 Å². The Labute approximate surface area is 152 Å². The van der Waals surface area contributed by atoms with E-state index in [-0.39, 0.29) is 5.69 Å². The highest BCUT2D eigenvalue weighted by Crippen LogP contribution is 2.24. The lowest BCUT2D eigenvalue weighted by Gasteiger charge is -2.37. The van der Waals surface area contributed by atoms with E-state index in [9.17, 15) is 4.39 Å². The Morgan fingerprint density at radius 1 is 1.27 bits per heavy atom. The monoisotopic (exact) mass is 354 g/mol. The van der Waals surface area contributed by atoms with Gasteiger partial charge in [-0.2, -0.15) is 0 Å². The van der Waals surface area contributed by atoms with Gasteiger partial charge in [-0.05, 0) is 43.6 Å². The summed E-state index contributed by atoms with van der Waals surface area (Å²) in [6.45, 7) is 7.78. The van der Waals surface area contributed by atoms with Crippen molar-refractivity contribution in [3.05, 3.63) is 47.7 Å². The highest BCUT2D eigenvalue weighted by Gasteiger charge is 2.25. The fourth-order valence-electron chi connectivity index (χ4n) is 3.69. The minimum atomic E-state index is -0.484. The molecule has 1 saturated heterocycles. The van der Waals surface area contributed by atoms with Gasteiger partial charge >= 0.3 is 0 Å². The topological polar surface area (TPSA) is 66.0 Å². The predicted molar refractivity (Wildman–Crippen MR) is 99.6 cm³/mol. The van der Waals surface area contributed by atoms with Crippen molar-refractivity contribution in [1.29, 1.82) is 0 Å². The van der Waals surface area contributed by atoms with E-state index >= 15 is 0 Å². The van der Waals surface area contributed by atoms with Crippen molar-refractivity contribution >= 4 is 17.8 Å². The zero-order chi connectivity index (χ0) is 17.9. The fraction of sp³-hybridized carbons (Fsp3) is 0.421. The average Bonchev–Trinajstić information content (AvgIpc) is 2.69. The molecule has 26 heavy (non-hydrogen) atoms. The number of hydrogen-bond acceptors (Lipinski definition) is 6. The number of aromatic nitrogens is 3. The first-order valence-corrected chi connectivity index (χ1v) is 9.08. The van der Waals surface area contributed by atoms with Crippen LogP contribution in [0.2, 0.25) is 0 Å². The molecule has 4 heterocycles. The molecule has 4 rings (SSSR count). The van der Waals surface area contributed by atoms with Gasteiger partial charge in [-0.1, -0.05) is 12.6 Å². The summed E-state index contributed by atoms with van der Waals surface area (Å²) in [6.07, 6.45) is 5.89. The van der Waals surface area contributed by atoms with Gasteiger partial charge in [0.2, 0.25) is 5.95 Å². The van der Waals surface area contributed by atoms with Gasteiger partial charge in [0.05, 0.1) is 6.20 Å². The second kappa shape index (κ2) is 7.47. The summed E-state index contributed by atoms with van der Waals surface area (Å²) in [4.78, 5) is 15.4. The third kappa shape index (κ3) is 3.59. The first kappa shape index (κ1) is 17.1. The highest BCUT2D eigenvalue weighted by atomic mass is 19.1. The van der Waals surface area contributed by atoms with Crippen LogP contribution in [-0.2, 0) is 13.0 Å². The molecule has 2 aliphatic heterocycles. The number of nitrogens with one attached hydrogen (secondary N) is 2. The zero-order valence-corrected chi connectivity index (χ0v) is 14.7. The molecule has 0 aliphatic carbocycles. The SMILES string of the molecule is C=Cc1nc(Nc2ccc3c(n2)CCN(C2CCNCC2)C3)ncc1F. The summed E-state index contributed by atoms with van der Waals surface area (Å²) in [5, 5.41) is 6.49. The summed E-state index contributed by atoms with van der Waals surface area (Å²) in [6, 6.07) is 4.73. The van der Waals surface area contributed by atoms with E-state index in [1.54, 1.807) is 0 Å². The molecule has 136 valence electrons. The van der Waals surface area contributed by atoms with E-state index in [1.165, 1.54) is 24.5 Å². The summed E-state index contributed by atoms with van der Waals surface area (Å²) in [7, 11) is 0. The van der Waals surface area contributed by atoms with E-state index in [4.69, 9.17) is 4.98 Å². The van der Waals surface area contributed by atoms with Crippen molar-refractivity contribution in [3.8, 4) is 0 Å². The van der Waals surface area contributed by atoms with Gasteiger partial charge in [-0.15, -0.1) is 0 Å². The van der Waals surface area contributed by atoms with Crippen molar-refractivity contribution in [2.75, 3.05) is 25.0 Å². The van der Waals surface area contributed by atoms with Crippen molar-refractivity contribution in [2.24, 2.45) is 0 Å². The quantitative estimate of drug-likeness (QED) is 0.880. The van der Waals surface area contributed by atoms with Crippen molar-refractivity contribution in [2.45, 2.75) is 31.8 Å². The largest absolute Gasteiger partial charge is 0.317 e. The molecule has 0 bridgehead atoms. The Bertz CT molecular complexity index is 803. The van der Waals surface area contributed by atoms with Crippen LogP contribution in [0.5, 0.6) is 0 Å². The standard InChI is InChI=1S/C19H23FN6/c1-2-16-15(20)11-22-19(24-16)25-18-4-3-13-12-26(10-7-17(13)23-18)14-5-8-21-9-6-14/h2-4,11,14,21H,1,5-10,12H2,(H,22,23,24,25). The molecule has 2 aliphatic rings. The molecule has 2 aromatic heterocycles. The molecule has 0 unspecified atom stereocenters. The van der Waals surface area contributed by atoms with Crippen LogP contribution in [0.4, 0.5) is 16.2 Å². The van der Waals surface area contributed by atoms with Gasteiger partial charge in [0.15, 0.2) is 5.82 Å². The zero-order valence-electron chi connectivity index (χ0n) is 14.7. The molecule has 1 fully saturated rings. The second-order valence-electron chi connectivity index (χ2n) is 6.76. The maximum atomic E-state index is 13.5. The van der Waals surface area contributed by atoms with Crippen molar-refractivity contribution in [1.82, 2.24) is 25.2 Å². The fourth-order valence-corrected chi connectivity index (χ4v) is 3.69. The molecule has 0 spiro atoms. The molecule has 0 atom stereocenters. The van der Waals surface area contributed by atoms with Gasteiger partial charge in [0.1, 0.15) is 11.5 Å². The Hall–Kier alpha value is -2.38. The molecular weight excluding hydrogens is 331 g/mol. The third-order valence-electron chi connectivity index (χ3n) is 5.11. The van der Waals surface area contributed by atoms with Gasteiger partial charge in [-0.3, -0.25) is 4.90 Å². The van der Waals surface area contributed by atoms with Crippen molar-refractivity contribution in [3.63, 3.8) is 0 Å². The molecule has 0 saturated carbocycles. The van der Waals surface area contributed by atoms with Crippen LogP contribution in [0.3, 0.4) is 0 Å². The lowest BCUT2D eigenvalue weighted by molar-refractivity contribution is 0.146. The number of nitrogens with zero attached hydrogens (tertiary/aromatic N) is 4. The van der Waals surface area contributed by atoms with Crippen molar-refractivity contribution < 1.29 is 4.39 Å². The molecule has 0 aromatic carbocycles. The van der Waals surface area contributed by atoms with Crippen LogP contribution in [-0.4, -0.2) is 45.5 Å². The third-order valence-corrected chi connectivity index (χ3v) is 5.11. The normalized spacial score (nSPS) is 18.3. The first-order valence-electron chi connectivity index (χ1n) is 9.08. The molecule has 6 nitrogen and oxygen atoms in total. The average molecular weight is 354 g/mol. The second-order valence-corrected chi connectivity index (χ2v) is 6.76. The number of hydrogen-bond donors (Lipinski definition) is 2. The smallest absolute Gasteiger partial charge is 0.229 e. The van der Waals surface area contributed by atoms with E-state index in [2.05, 4.69) is 38.1 Å². The first-order chi connectivity index (χ1) is 12.7. The summed E-state index contributed by atoms with van der Waals surface area (Å²) < 4.78 is 13.5. The van der Waals surface area contributed by atoms with E-state index in [0.29, 0.717) is 17.8 Å². The molecule has 2 N–H and O–H groups in total. The van der Waals surface area contributed by atoms with Gasteiger partial charge in [0, 0.05) is 31.2 Å². The summed E-state index contributed by atoms with van der Waals surface area (Å²) >= 11 is 0. The summed E-state index contributed by atoms with van der Waals surface area (Å²) in [5.74, 6) is 0.517. The van der Waals surface area contributed by atoms with Crippen LogP contribution in [0, 0.1) is 5.82 Å². The van der Waals surface area contributed by atoms with Crippen LogP contribution in [0.1, 0.15) is 29.8 Å². The van der Waals surface area contributed by atoms with Gasteiger partial charge < -0.3 is 10.6 Å². The van der Waals surface area contributed by atoms with Crippen LogP contribution < -0.4 is 10.6 Å². The molecule has 7 heteroatoms. The Morgan fingerprint density at radius 2 is 2.12 bits per heavy atom. The van der Waals surface area contributed by atoms with E-state index in [1.807, 2.05) is 6.07 Å². The summed E-state index contributed by atoms with van der Waals surface area (Å²) in [5.41, 5.74) is 2.58. The number of rotatable bonds is 4. The maximum Gasteiger partial charge on any atom is 0.229 e. The molecule has 0 amide bonds. The Balaban J connectivity index is 1.47. The van der Waals surface area contributed by atoms with Crippen LogP contribution in [0.15, 0.2) is 24.9 Å². The van der Waals surface area contributed by atoms with Gasteiger partial charge in [0.25, 0.3) is 0 Å². The van der Waals surface area contributed by atoms with E-state index in [0.717, 1.165) is 44.5 Å². The number of halogens is 1. The van der Waals surface area contributed by atoms with Crippen LogP contribution >= 0.6 is 0 Å². The lowest BCUT2D eigenvalue weighted by Crippen LogP contribution is -2.45. The molecule has 2 aromatic rings. The molecular formula is C19H23FN6. The number of fused-ring (bicyclic) bond motifs is 1. The number of piperidine rings is 1. The molecule has 0 radical (unpaired) electrons. The lowest BCUT2D eigenvalue weighted by atomic mass is 9.99. The Morgan fingerprint density at radius 3 is 2.92 bits per heavy atom. The van der Waals surface area contributed by atoms with E-state index < -0.39 is 5.82 Å². The number of pyridine rings is 1. The predicted octanol–water partition coefficient (Wildman–Crippen LogP) is 2.51. The Kier molecular flexibility index (Phi) is 4.90. The van der Waals surface area contributed by atoms with Gasteiger partial charge in [-0.25, -0.2) is 19.3 Å². The highest BCUT2D eigenvalue weighted by molar-refractivity contribution is 5.52. The minimum Gasteiger partial charge on any atom is -0.317 e. The maximum absolute atomic E-state index is 13.5. The number of anilines is 2. The minimum absolute atomic E-state index is 0.179.